The van der Waals surface area contributed by atoms with E-state index in [0.29, 0.717) is 0 Å². The lowest BCUT2D eigenvalue weighted by Gasteiger charge is -2.32. The Hall–Kier alpha value is -1.06. The standard InChI is InChI=1S/C18H30N2O/c1-4-19-14-17-8-10-20(11-9-17)12-13-21-18-15(2)6-5-7-16(18)3/h5-7,17,19H,4,8-14H2,1-3H3. The molecule has 1 saturated heterocycles. The molecule has 1 heterocycles. The molecular weight excluding hydrogens is 260 g/mol. The van der Waals surface area contributed by atoms with E-state index in [1.54, 1.807) is 0 Å². The molecule has 21 heavy (non-hydrogen) atoms. The Morgan fingerprint density at radius 3 is 2.48 bits per heavy atom. The van der Waals surface area contributed by atoms with Crippen LogP contribution >= 0.6 is 0 Å². The van der Waals surface area contributed by atoms with Crippen molar-refractivity contribution in [3.8, 4) is 5.75 Å². The average molecular weight is 290 g/mol. The van der Waals surface area contributed by atoms with Gasteiger partial charge in [-0.3, -0.25) is 4.90 Å². The molecule has 118 valence electrons. The number of nitrogens with one attached hydrogen (secondary N) is 1. The molecule has 1 aromatic carbocycles. The number of para-hydroxylation sites is 1. The van der Waals surface area contributed by atoms with Gasteiger partial charge in [-0.05, 0) is 69.9 Å². The number of rotatable bonds is 7. The van der Waals surface area contributed by atoms with Crippen molar-refractivity contribution >= 4 is 0 Å². The first kappa shape index (κ1) is 16.3. The summed E-state index contributed by atoms with van der Waals surface area (Å²) in [6, 6.07) is 6.33. The molecule has 1 aliphatic heterocycles. The molecule has 0 aliphatic carbocycles. The molecule has 2 rings (SSSR count). The van der Waals surface area contributed by atoms with Crippen molar-refractivity contribution in [3.63, 3.8) is 0 Å². The van der Waals surface area contributed by atoms with Crippen LogP contribution in [0.5, 0.6) is 5.75 Å². The number of ether oxygens (including phenoxy) is 1. The minimum Gasteiger partial charge on any atom is -0.492 e. The molecule has 1 N–H and O–H groups in total. The minimum absolute atomic E-state index is 0.795. The lowest BCUT2D eigenvalue weighted by atomic mass is 9.97. The van der Waals surface area contributed by atoms with E-state index in [1.165, 1.54) is 43.6 Å². The van der Waals surface area contributed by atoms with Crippen molar-refractivity contribution < 1.29 is 4.74 Å². The SMILES string of the molecule is CCNCC1CCN(CCOc2c(C)cccc2C)CC1. The van der Waals surface area contributed by atoms with Crippen LogP contribution in [0.15, 0.2) is 18.2 Å². The summed E-state index contributed by atoms with van der Waals surface area (Å²) in [4.78, 5) is 2.54. The van der Waals surface area contributed by atoms with E-state index >= 15 is 0 Å². The Labute approximate surface area is 129 Å². The van der Waals surface area contributed by atoms with E-state index in [0.717, 1.165) is 31.4 Å². The Balaban J connectivity index is 1.68. The van der Waals surface area contributed by atoms with Crippen molar-refractivity contribution in [2.75, 3.05) is 39.3 Å². The fourth-order valence-electron chi connectivity index (χ4n) is 3.07. The summed E-state index contributed by atoms with van der Waals surface area (Å²) < 4.78 is 6.01. The molecule has 1 fully saturated rings. The van der Waals surface area contributed by atoms with Crippen LogP contribution in [0.2, 0.25) is 0 Å². The third-order valence-electron chi connectivity index (χ3n) is 4.45. The highest BCUT2D eigenvalue weighted by molar-refractivity contribution is 5.39. The van der Waals surface area contributed by atoms with E-state index in [9.17, 15) is 0 Å². The molecule has 0 aromatic heterocycles. The molecule has 1 aliphatic rings. The highest BCUT2D eigenvalue weighted by atomic mass is 16.5. The number of likely N-dealkylation sites (tertiary alicyclic amines) is 1. The van der Waals surface area contributed by atoms with Gasteiger partial charge in [0, 0.05) is 6.54 Å². The third-order valence-corrected chi connectivity index (χ3v) is 4.45. The van der Waals surface area contributed by atoms with Crippen LogP contribution < -0.4 is 10.1 Å². The zero-order chi connectivity index (χ0) is 15.1. The Bertz CT molecular complexity index is 405. The van der Waals surface area contributed by atoms with Gasteiger partial charge < -0.3 is 10.1 Å². The molecule has 3 heteroatoms. The first-order valence-electron chi connectivity index (χ1n) is 8.32. The summed E-state index contributed by atoms with van der Waals surface area (Å²) in [6.07, 6.45) is 2.63. The van der Waals surface area contributed by atoms with Gasteiger partial charge in [0.15, 0.2) is 0 Å². The second-order valence-corrected chi connectivity index (χ2v) is 6.16. The van der Waals surface area contributed by atoms with Crippen LogP contribution in [0.25, 0.3) is 0 Å². The summed E-state index contributed by atoms with van der Waals surface area (Å²) in [5.74, 6) is 1.93. The van der Waals surface area contributed by atoms with Crippen LogP contribution in [-0.4, -0.2) is 44.2 Å². The van der Waals surface area contributed by atoms with Crippen molar-refractivity contribution in [2.24, 2.45) is 5.92 Å². The van der Waals surface area contributed by atoms with Crippen molar-refractivity contribution in [3.05, 3.63) is 29.3 Å². The minimum atomic E-state index is 0.795. The van der Waals surface area contributed by atoms with E-state index in [-0.39, 0.29) is 0 Å². The lowest BCUT2D eigenvalue weighted by molar-refractivity contribution is 0.153. The normalized spacial score (nSPS) is 17.1. The van der Waals surface area contributed by atoms with Crippen LogP contribution in [0.4, 0.5) is 0 Å². The second-order valence-electron chi connectivity index (χ2n) is 6.16. The predicted octanol–water partition coefficient (Wildman–Crippen LogP) is 3.00. The van der Waals surface area contributed by atoms with Crippen molar-refractivity contribution in [1.82, 2.24) is 10.2 Å². The Morgan fingerprint density at radius 2 is 1.86 bits per heavy atom. The number of nitrogens with zero attached hydrogens (tertiary/aromatic N) is 1. The van der Waals surface area contributed by atoms with Crippen LogP contribution in [0.3, 0.4) is 0 Å². The quantitative estimate of drug-likeness (QED) is 0.835. The summed E-state index contributed by atoms with van der Waals surface area (Å²) in [6.45, 7) is 13.0. The molecule has 0 unspecified atom stereocenters. The number of piperidine rings is 1. The highest BCUT2D eigenvalue weighted by Crippen LogP contribution is 2.22. The highest BCUT2D eigenvalue weighted by Gasteiger charge is 2.18. The van der Waals surface area contributed by atoms with Gasteiger partial charge in [0.1, 0.15) is 12.4 Å². The van der Waals surface area contributed by atoms with Gasteiger partial charge >= 0.3 is 0 Å². The molecule has 0 spiro atoms. The summed E-state index contributed by atoms with van der Waals surface area (Å²) in [5.41, 5.74) is 2.47. The number of aryl methyl sites for hydroxylation is 2. The van der Waals surface area contributed by atoms with Crippen molar-refractivity contribution in [1.29, 1.82) is 0 Å². The lowest BCUT2D eigenvalue weighted by Crippen LogP contribution is -2.39. The molecule has 0 saturated carbocycles. The molecular formula is C18H30N2O. The largest absolute Gasteiger partial charge is 0.492 e. The summed E-state index contributed by atoms with van der Waals surface area (Å²) in [7, 11) is 0. The van der Waals surface area contributed by atoms with Crippen LogP contribution in [-0.2, 0) is 0 Å². The van der Waals surface area contributed by atoms with E-state index < -0.39 is 0 Å². The molecule has 0 amide bonds. The van der Waals surface area contributed by atoms with Crippen molar-refractivity contribution in [2.45, 2.75) is 33.6 Å². The maximum atomic E-state index is 6.01. The average Bonchev–Trinajstić information content (AvgIpc) is 2.49. The number of hydrogen-bond acceptors (Lipinski definition) is 3. The van der Waals surface area contributed by atoms with E-state index in [2.05, 4.69) is 49.2 Å². The molecule has 0 atom stereocenters. The van der Waals surface area contributed by atoms with Gasteiger partial charge in [-0.1, -0.05) is 25.1 Å². The van der Waals surface area contributed by atoms with Gasteiger partial charge in [0.2, 0.25) is 0 Å². The van der Waals surface area contributed by atoms with Gasteiger partial charge in [-0.15, -0.1) is 0 Å². The zero-order valence-electron chi connectivity index (χ0n) is 13.8. The maximum Gasteiger partial charge on any atom is 0.125 e. The van der Waals surface area contributed by atoms with Gasteiger partial charge in [0.25, 0.3) is 0 Å². The first-order valence-corrected chi connectivity index (χ1v) is 8.32. The summed E-state index contributed by atoms with van der Waals surface area (Å²) >= 11 is 0. The topological polar surface area (TPSA) is 24.5 Å². The first-order chi connectivity index (χ1) is 10.2. The molecule has 3 nitrogen and oxygen atoms in total. The van der Waals surface area contributed by atoms with Gasteiger partial charge in [-0.2, -0.15) is 0 Å². The number of hydrogen-bond donors (Lipinski definition) is 1. The monoisotopic (exact) mass is 290 g/mol. The fourth-order valence-corrected chi connectivity index (χ4v) is 3.07. The third kappa shape index (κ3) is 5.01. The maximum absolute atomic E-state index is 6.01. The fraction of sp³-hybridized carbons (Fsp3) is 0.667. The van der Waals surface area contributed by atoms with Gasteiger partial charge in [-0.25, -0.2) is 0 Å². The van der Waals surface area contributed by atoms with Crippen LogP contribution in [0.1, 0.15) is 30.9 Å². The predicted molar refractivity (Wildman–Crippen MR) is 89.1 cm³/mol. The van der Waals surface area contributed by atoms with E-state index in [1.807, 2.05) is 0 Å². The second kappa shape index (κ2) is 8.40. The number of benzene rings is 1. The van der Waals surface area contributed by atoms with Crippen LogP contribution in [0, 0.1) is 19.8 Å². The molecule has 0 bridgehead atoms. The Kier molecular flexibility index (Phi) is 6.52. The smallest absolute Gasteiger partial charge is 0.125 e. The molecule has 1 aromatic rings. The summed E-state index contributed by atoms with van der Waals surface area (Å²) in [5, 5.41) is 3.47. The Morgan fingerprint density at radius 1 is 1.19 bits per heavy atom. The van der Waals surface area contributed by atoms with E-state index in [4.69, 9.17) is 4.74 Å². The molecule has 0 radical (unpaired) electrons. The zero-order valence-corrected chi connectivity index (χ0v) is 13.8. The van der Waals surface area contributed by atoms with Gasteiger partial charge in [0.05, 0.1) is 0 Å².